The fourth-order valence-electron chi connectivity index (χ4n) is 2.48. The van der Waals surface area contributed by atoms with Crippen LogP contribution in [-0.2, 0) is 4.79 Å². The molecule has 0 aliphatic heterocycles. The number of hydrogen-bond donors (Lipinski definition) is 5. The number of carbonyl (C=O) groups is 1. The quantitative estimate of drug-likeness (QED) is 0.409. The van der Waals surface area contributed by atoms with Crippen LogP contribution in [0.3, 0.4) is 0 Å². The highest BCUT2D eigenvalue weighted by Crippen LogP contribution is 2.39. The zero-order valence-electron chi connectivity index (χ0n) is 10.1. The Hall–Kier alpha value is -0.625. The monoisotopic (exact) mass is 244 g/mol. The molecule has 98 valence electrons. The maximum Gasteiger partial charge on any atom is 0.451 e. The van der Waals surface area contributed by atoms with Gasteiger partial charge in [0.25, 0.3) is 0 Å². The average Bonchev–Trinajstić information content (AvgIpc) is 2.19. The van der Waals surface area contributed by atoms with Crippen LogP contribution in [-0.4, -0.2) is 39.3 Å². The summed E-state index contributed by atoms with van der Waals surface area (Å²) in [5.74, 6) is -1.01. The molecular weight excluding hydrogens is 223 g/mol. The molecule has 1 aliphatic rings. The minimum Gasteiger partial charge on any atom is -0.480 e. The number of nitrogens with two attached hydrogens (primary N) is 2. The van der Waals surface area contributed by atoms with Crippen molar-refractivity contribution in [3.05, 3.63) is 0 Å². The summed E-state index contributed by atoms with van der Waals surface area (Å²) in [4.78, 5) is 11.3. The van der Waals surface area contributed by atoms with Crippen molar-refractivity contribution in [3.8, 4) is 0 Å². The average molecular weight is 244 g/mol. The van der Waals surface area contributed by atoms with E-state index in [2.05, 4.69) is 0 Å². The first-order valence-electron chi connectivity index (χ1n) is 5.86. The number of rotatable bonds is 4. The maximum absolute atomic E-state index is 11.3. The van der Waals surface area contributed by atoms with Gasteiger partial charge in [0.05, 0.1) is 0 Å². The highest BCUT2D eigenvalue weighted by molar-refractivity contribution is 6.40. The second-order valence-corrected chi connectivity index (χ2v) is 5.36. The molecule has 0 aromatic carbocycles. The smallest absolute Gasteiger partial charge is 0.451 e. The van der Waals surface area contributed by atoms with Crippen molar-refractivity contribution in [1.82, 2.24) is 0 Å². The van der Waals surface area contributed by atoms with Gasteiger partial charge in [-0.1, -0.05) is 6.42 Å². The van der Waals surface area contributed by atoms with Crippen LogP contribution in [0.4, 0.5) is 0 Å². The minimum atomic E-state index is -1.43. The van der Waals surface area contributed by atoms with E-state index >= 15 is 0 Å². The Balaban J connectivity index is 2.71. The topological polar surface area (TPSA) is 130 Å². The molecule has 0 heterocycles. The highest BCUT2D eigenvalue weighted by Gasteiger charge is 2.52. The summed E-state index contributed by atoms with van der Waals surface area (Å²) in [6.07, 6.45) is 2.37. The first-order valence-corrected chi connectivity index (χ1v) is 5.86. The van der Waals surface area contributed by atoms with Gasteiger partial charge in [-0.05, 0) is 38.4 Å². The Morgan fingerprint density at radius 3 is 2.53 bits per heavy atom. The maximum atomic E-state index is 11.3. The Morgan fingerprint density at radius 1 is 1.47 bits per heavy atom. The summed E-state index contributed by atoms with van der Waals surface area (Å²) in [5.41, 5.74) is 9.54. The van der Waals surface area contributed by atoms with Crippen molar-refractivity contribution in [2.45, 2.75) is 50.0 Å². The molecule has 1 saturated carbocycles. The molecule has 1 fully saturated rings. The zero-order valence-corrected chi connectivity index (χ0v) is 10.1. The van der Waals surface area contributed by atoms with Gasteiger partial charge in [0.1, 0.15) is 5.54 Å². The number of carboxylic acid groups (broad SMARTS) is 1. The third-order valence-electron chi connectivity index (χ3n) is 3.92. The molecule has 0 aromatic heterocycles. The van der Waals surface area contributed by atoms with Gasteiger partial charge in [-0.25, -0.2) is 0 Å². The third-order valence-corrected chi connectivity index (χ3v) is 3.92. The van der Waals surface area contributed by atoms with Gasteiger partial charge in [0, 0.05) is 5.54 Å². The Morgan fingerprint density at radius 2 is 2.06 bits per heavy atom. The minimum absolute atomic E-state index is 0.0783. The van der Waals surface area contributed by atoms with E-state index in [4.69, 9.17) is 21.5 Å². The molecule has 7 heteroatoms. The van der Waals surface area contributed by atoms with Crippen molar-refractivity contribution >= 4 is 13.1 Å². The van der Waals surface area contributed by atoms with Gasteiger partial charge < -0.3 is 26.6 Å². The fraction of sp³-hybridized carbons (Fsp3) is 0.900. The van der Waals surface area contributed by atoms with Crippen molar-refractivity contribution in [3.63, 3.8) is 0 Å². The summed E-state index contributed by atoms with van der Waals surface area (Å²) in [6.45, 7) is 1.66. The van der Waals surface area contributed by atoms with E-state index in [1.54, 1.807) is 6.92 Å². The van der Waals surface area contributed by atoms with Crippen LogP contribution < -0.4 is 11.5 Å². The molecule has 3 unspecified atom stereocenters. The van der Waals surface area contributed by atoms with E-state index in [9.17, 15) is 9.90 Å². The van der Waals surface area contributed by atoms with E-state index < -0.39 is 24.2 Å². The standard InChI is InChI=1S/C10H21BN2O4/c1-9(12)4-2-7(3-5-11(16)17)6-10(9,13)8(14)15/h7,16-17H,2-6,12-13H2,1H3,(H,14,15). The molecule has 1 aliphatic carbocycles. The molecule has 0 saturated heterocycles. The van der Waals surface area contributed by atoms with E-state index in [0.29, 0.717) is 12.8 Å². The summed E-state index contributed by atoms with van der Waals surface area (Å²) in [7, 11) is -1.35. The molecule has 0 spiro atoms. The zero-order chi connectivity index (χ0) is 13.3. The van der Waals surface area contributed by atoms with Crippen LogP contribution >= 0.6 is 0 Å². The van der Waals surface area contributed by atoms with Gasteiger partial charge in [0.15, 0.2) is 0 Å². The van der Waals surface area contributed by atoms with E-state index in [0.717, 1.165) is 6.42 Å². The molecule has 0 aromatic rings. The van der Waals surface area contributed by atoms with Gasteiger partial charge in [-0.3, -0.25) is 4.79 Å². The lowest BCUT2D eigenvalue weighted by Crippen LogP contribution is -2.71. The second kappa shape index (κ2) is 4.93. The lowest BCUT2D eigenvalue weighted by molar-refractivity contribution is -0.148. The fourth-order valence-corrected chi connectivity index (χ4v) is 2.48. The van der Waals surface area contributed by atoms with Gasteiger partial charge >= 0.3 is 13.1 Å². The Kier molecular flexibility index (Phi) is 4.19. The molecule has 0 amide bonds. The molecule has 0 bridgehead atoms. The predicted molar refractivity (Wildman–Crippen MR) is 64.1 cm³/mol. The number of carboxylic acids is 1. The molecule has 17 heavy (non-hydrogen) atoms. The van der Waals surface area contributed by atoms with Crippen LogP contribution in [0.2, 0.25) is 6.32 Å². The van der Waals surface area contributed by atoms with E-state index in [-0.39, 0.29) is 18.7 Å². The van der Waals surface area contributed by atoms with Crippen LogP contribution in [0.15, 0.2) is 0 Å². The first-order chi connectivity index (χ1) is 7.69. The second-order valence-electron chi connectivity index (χ2n) is 5.36. The summed E-state index contributed by atoms with van der Waals surface area (Å²) >= 11 is 0. The van der Waals surface area contributed by atoms with Gasteiger partial charge in [0.2, 0.25) is 0 Å². The summed E-state index contributed by atoms with van der Waals surface area (Å²) in [6, 6.07) is 0. The third kappa shape index (κ3) is 2.98. The molecule has 0 radical (unpaired) electrons. The lowest BCUT2D eigenvalue weighted by Gasteiger charge is -2.47. The predicted octanol–water partition coefficient (Wildman–Crippen LogP) is -0.851. The Labute approximate surface area is 101 Å². The number of aliphatic carboxylic acids is 1. The summed E-state index contributed by atoms with van der Waals surface area (Å²) < 4.78 is 0. The lowest BCUT2D eigenvalue weighted by atomic mass is 9.63. The van der Waals surface area contributed by atoms with Crippen molar-refractivity contribution in [2.24, 2.45) is 17.4 Å². The van der Waals surface area contributed by atoms with Crippen molar-refractivity contribution < 1.29 is 19.9 Å². The number of hydrogen-bond acceptors (Lipinski definition) is 5. The van der Waals surface area contributed by atoms with E-state index in [1.807, 2.05) is 0 Å². The largest absolute Gasteiger partial charge is 0.480 e. The highest BCUT2D eigenvalue weighted by atomic mass is 16.4. The van der Waals surface area contributed by atoms with Crippen LogP contribution in [0.25, 0.3) is 0 Å². The van der Waals surface area contributed by atoms with E-state index in [1.165, 1.54) is 0 Å². The first kappa shape index (κ1) is 14.4. The van der Waals surface area contributed by atoms with Gasteiger partial charge in [-0.15, -0.1) is 0 Å². The van der Waals surface area contributed by atoms with Crippen LogP contribution in [0.5, 0.6) is 0 Å². The molecule has 7 N–H and O–H groups in total. The molecule has 3 atom stereocenters. The van der Waals surface area contributed by atoms with Crippen LogP contribution in [0, 0.1) is 5.92 Å². The molecule has 1 rings (SSSR count). The Bertz CT molecular complexity index is 296. The van der Waals surface area contributed by atoms with Crippen molar-refractivity contribution in [2.75, 3.05) is 0 Å². The van der Waals surface area contributed by atoms with Gasteiger partial charge in [-0.2, -0.15) is 0 Å². The summed E-state index contributed by atoms with van der Waals surface area (Å²) in [5, 5.41) is 26.8. The van der Waals surface area contributed by atoms with Crippen molar-refractivity contribution in [1.29, 1.82) is 0 Å². The van der Waals surface area contributed by atoms with Crippen LogP contribution in [0.1, 0.15) is 32.6 Å². The molecular formula is C10H21BN2O4. The molecule has 6 nitrogen and oxygen atoms in total. The SMILES string of the molecule is CC1(N)CCC(CCB(O)O)CC1(N)C(=O)O. The normalized spacial score (nSPS) is 37.8.